The van der Waals surface area contributed by atoms with Crippen LogP contribution in [-0.2, 0) is 6.54 Å². The predicted octanol–water partition coefficient (Wildman–Crippen LogP) is 3.78. The van der Waals surface area contributed by atoms with Crippen LogP contribution in [0.15, 0.2) is 18.2 Å². The van der Waals surface area contributed by atoms with Crippen molar-refractivity contribution in [1.29, 1.82) is 0 Å². The van der Waals surface area contributed by atoms with Gasteiger partial charge in [-0.15, -0.1) is 0 Å². The van der Waals surface area contributed by atoms with Crippen LogP contribution in [0.4, 0.5) is 0 Å². The number of ether oxygens (including phenoxy) is 1. The molecule has 0 unspecified atom stereocenters. The van der Waals surface area contributed by atoms with Gasteiger partial charge in [0.2, 0.25) is 0 Å². The predicted molar refractivity (Wildman–Crippen MR) is 78.1 cm³/mol. The number of hydrogen-bond acceptors (Lipinski definition) is 2. The molecule has 1 rings (SSSR count). The number of rotatable bonds is 7. The van der Waals surface area contributed by atoms with Crippen molar-refractivity contribution in [3.63, 3.8) is 0 Å². The van der Waals surface area contributed by atoms with Crippen LogP contribution in [0.5, 0.6) is 5.75 Å². The average molecular weight is 249 g/mol. The van der Waals surface area contributed by atoms with Crippen molar-refractivity contribution in [3.8, 4) is 5.75 Å². The standard InChI is InChI=1S/C16H27NO/c1-12(2)9-17-10-15-8-6-7-14(5)16(15)18-11-13(3)4/h6-8,12-13,17H,9-11H2,1-5H3. The van der Waals surface area contributed by atoms with Gasteiger partial charge in [-0.1, -0.05) is 45.9 Å². The van der Waals surface area contributed by atoms with E-state index in [2.05, 4.69) is 58.1 Å². The van der Waals surface area contributed by atoms with Crippen molar-refractivity contribution in [3.05, 3.63) is 29.3 Å². The van der Waals surface area contributed by atoms with Crippen molar-refractivity contribution in [2.75, 3.05) is 13.2 Å². The Morgan fingerprint density at radius 2 is 1.83 bits per heavy atom. The van der Waals surface area contributed by atoms with Crippen LogP contribution >= 0.6 is 0 Å². The zero-order valence-electron chi connectivity index (χ0n) is 12.4. The van der Waals surface area contributed by atoms with E-state index in [4.69, 9.17) is 4.74 Å². The molecule has 2 heteroatoms. The maximum atomic E-state index is 5.95. The van der Waals surface area contributed by atoms with Gasteiger partial charge in [-0.3, -0.25) is 0 Å². The minimum absolute atomic E-state index is 0.557. The monoisotopic (exact) mass is 249 g/mol. The minimum Gasteiger partial charge on any atom is -0.493 e. The Bertz CT molecular complexity index is 358. The van der Waals surface area contributed by atoms with Gasteiger partial charge in [0.05, 0.1) is 6.61 Å². The number of nitrogens with one attached hydrogen (secondary N) is 1. The molecule has 0 heterocycles. The summed E-state index contributed by atoms with van der Waals surface area (Å²) in [5, 5.41) is 3.48. The summed E-state index contributed by atoms with van der Waals surface area (Å²) in [6.07, 6.45) is 0. The second-order valence-corrected chi connectivity index (χ2v) is 5.79. The molecular weight excluding hydrogens is 222 g/mol. The van der Waals surface area contributed by atoms with E-state index in [-0.39, 0.29) is 0 Å². The normalized spacial score (nSPS) is 11.3. The maximum Gasteiger partial charge on any atom is 0.126 e. The quantitative estimate of drug-likeness (QED) is 0.794. The number of para-hydroxylation sites is 1. The van der Waals surface area contributed by atoms with Gasteiger partial charge in [0, 0.05) is 12.1 Å². The van der Waals surface area contributed by atoms with Gasteiger partial charge in [-0.05, 0) is 30.9 Å². The van der Waals surface area contributed by atoms with Gasteiger partial charge in [0.15, 0.2) is 0 Å². The van der Waals surface area contributed by atoms with E-state index in [1.54, 1.807) is 0 Å². The summed E-state index contributed by atoms with van der Waals surface area (Å²) in [5.74, 6) is 2.29. The van der Waals surface area contributed by atoms with Crippen molar-refractivity contribution in [2.24, 2.45) is 11.8 Å². The highest BCUT2D eigenvalue weighted by Crippen LogP contribution is 2.24. The fourth-order valence-electron chi connectivity index (χ4n) is 1.80. The minimum atomic E-state index is 0.557. The summed E-state index contributed by atoms with van der Waals surface area (Å²) in [7, 11) is 0. The van der Waals surface area contributed by atoms with E-state index in [1.807, 2.05) is 0 Å². The second kappa shape index (κ2) is 7.42. The van der Waals surface area contributed by atoms with Crippen LogP contribution in [0.2, 0.25) is 0 Å². The summed E-state index contributed by atoms with van der Waals surface area (Å²) >= 11 is 0. The SMILES string of the molecule is Cc1cccc(CNCC(C)C)c1OCC(C)C. The van der Waals surface area contributed by atoms with Crippen LogP contribution in [0.3, 0.4) is 0 Å². The van der Waals surface area contributed by atoms with Crippen molar-refractivity contribution >= 4 is 0 Å². The Hall–Kier alpha value is -1.02. The summed E-state index contributed by atoms with van der Waals surface area (Å²) in [6, 6.07) is 6.36. The zero-order valence-corrected chi connectivity index (χ0v) is 12.4. The molecule has 1 aromatic carbocycles. The third kappa shape index (κ3) is 5.09. The second-order valence-electron chi connectivity index (χ2n) is 5.79. The zero-order chi connectivity index (χ0) is 13.5. The molecule has 0 atom stereocenters. The highest BCUT2D eigenvalue weighted by atomic mass is 16.5. The first-order valence-electron chi connectivity index (χ1n) is 6.92. The van der Waals surface area contributed by atoms with E-state index in [0.29, 0.717) is 11.8 Å². The summed E-state index contributed by atoms with van der Waals surface area (Å²) in [6.45, 7) is 13.6. The fourth-order valence-corrected chi connectivity index (χ4v) is 1.80. The average Bonchev–Trinajstić information content (AvgIpc) is 2.27. The number of benzene rings is 1. The molecule has 0 spiro atoms. The van der Waals surface area contributed by atoms with Gasteiger partial charge >= 0.3 is 0 Å². The third-order valence-electron chi connectivity index (χ3n) is 2.72. The Labute approximate surface area is 112 Å². The molecule has 18 heavy (non-hydrogen) atoms. The van der Waals surface area contributed by atoms with Gasteiger partial charge in [-0.2, -0.15) is 0 Å². The van der Waals surface area contributed by atoms with Gasteiger partial charge < -0.3 is 10.1 Å². The molecule has 0 radical (unpaired) electrons. The number of aryl methyl sites for hydroxylation is 1. The third-order valence-corrected chi connectivity index (χ3v) is 2.72. The van der Waals surface area contributed by atoms with Crippen LogP contribution in [0.25, 0.3) is 0 Å². The molecule has 0 aliphatic carbocycles. The molecule has 0 fully saturated rings. The van der Waals surface area contributed by atoms with Gasteiger partial charge in [-0.25, -0.2) is 0 Å². The molecule has 0 saturated carbocycles. The van der Waals surface area contributed by atoms with E-state index in [1.165, 1.54) is 11.1 Å². The maximum absolute atomic E-state index is 5.95. The summed E-state index contributed by atoms with van der Waals surface area (Å²) in [5.41, 5.74) is 2.48. The number of hydrogen-bond donors (Lipinski definition) is 1. The van der Waals surface area contributed by atoms with Crippen molar-refractivity contribution in [1.82, 2.24) is 5.32 Å². The molecule has 1 N–H and O–H groups in total. The lowest BCUT2D eigenvalue weighted by Gasteiger charge is -2.16. The van der Waals surface area contributed by atoms with E-state index in [9.17, 15) is 0 Å². The lowest BCUT2D eigenvalue weighted by atomic mass is 10.1. The van der Waals surface area contributed by atoms with E-state index < -0.39 is 0 Å². The molecule has 0 aliphatic rings. The molecule has 1 aromatic rings. The van der Waals surface area contributed by atoms with Gasteiger partial charge in [0.25, 0.3) is 0 Å². The highest BCUT2D eigenvalue weighted by Gasteiger charge is 2.07. The van der Waals surface area contributed by atoms with Crippen LogP contribution in [0.1, 0.15) is 38.8 Å². The van der Waals surface area contributed by atoms with E-state index >= 15 is 0 Å². The molecule has 0 amide bonds. The first kappa shape index (κ1) is 15.0. The van der Waals surface area contributed by atoms with Crippen molar-refractivity contribution in [2.45, 2.75) is 41.2 Å². The van der Waals surface area contributed by atoms with Gasteiger partial charge in [0.1, 0.15) is 5.75 Å². The smallest absolute Gasteiger partial charge is 0.126 e. The van der Waals surface area contributed by atoms with Crippen LogP contribution < -0.4 is 10.1 Å². The van der Waals surface area contributed by atoms with Crippen LogP contribution in [-0.4, -0.2) is 13.2 Å². The Kier molecular flexibility index (Phi) is 6.20. The van der Waals surface area contributed by atoms with Crippen molar-refractivity contribution < 1.29 is 4.74 Å². The van der Waals surface area contributed by atoms with E-state index in [0.717, 1.165) is 25.4 Å². The molecule has 0 bridgehead atoms. The first-order valence-corrected chi connectivity index (χ1v) is 6.92. The lowest BCUT2D eigenvalue weighted by molar-refractivity contribution is 0.266. The highest BCUT2D eigenvalue weighted by molar-refractivity contribution is 5.40. The molecule has 2 nitrogen and oxygen atoms in total. The Morgan fingerprint density at radius 3 is 2.44 bits per heavy atom. The Morgan fingerprint density at radius 1 is 1.11 bits per heavy atom. The summed E-state index contributed by atoms with van der Waals surface area (Å²) < 4.78 is 5.95. The molecular formula is C16H27NO. The topological polar surface area (TPSA) is 21.3 Å². The Balaban J connectivity index is 2.67. The van der Waals surface area contributed by atoms with Crippen LogP contribution in [0, 0.1) is 18.8 Å². The molecule has 0 aliphatic heterocycles. The first-order chi connectivity index (χ1) is 8.50. The summed E-state index contributed by atoms with van der Waals surface area (Å²) in [4.78, 5) is 0. The fraction of sp³-hybridized carbons (Fsp3) is 0.625. The largest absolute Gasteiger partial charge is 0.493 e. The molecule has 0 aromatic heterocycles. The molecule has 102 valence electrons. The lowest BCUT2D eigenvalue weighted by Crippen LogP contribution is -2.20. The molecule has 0 saturated heterocycles.